The fraction of sp³-hybridized carbons (Fsp3) is 0.316. The zero-order valence-electron chi connectivity index (χ0n) is 14.8. The minimum Gasteiger partial charge on any atom is -0.351 e. The van der Waals surface area contributed by atoms with E-state index < -0.39 is 0 Å². The molecule has 130 valence electrons. The van der Waals surface area contributed by atoms with E-state index in [-0.39, 0.29) is 11.4 Å². The zero-order valence-corrected chi connectivity index (χ0v) is 16.4. The Morgan fingerprint density at radius 2 is 1.92 bits per heavy atom. The highest BCUT2D eigenvalue weighted by molar-refractivity contribution is 8.00. The number of carbonyl (C=O) groups excluding carboxylic acids is 1. The Balaban J connectivity index is 1.90. The van der Waals surface area contributed by atoms with E-state index in [9.17, 15) is 4.79 Å². The molecular formula is C19H21N3OS2. The first-order valence-electron chi connectivity index (χ1n) is 8.06. The van der Waals surface area contributed by atoms with Crippen molar-refractivity contribution in [2.75, 3.05) is 5.75 Å². The van der Waals surface area contributed by atoms with Crippen molar-refractivity contribution in [3.05, 3.63) is 41.5 Å². The molecule has 3 aromatic rings. The summed E-state index contributed by atoms with van der Waals surface area (Å²) in [5.41, 5.74) is 3.27. The van der Waals surface area contributed by atoms with Gasteiger partial charge in [-0.2, -0.15) is 0 Å². The number of benzene rings is 1. The smallest absolute Gasteiger partial charge is 0.230 e. The summed E-state index contributed by atoms with van der Waals surface area (Å²) >= 11 is 3.07. The molecule has 4 nitrogen and oxygen atoms in total. The summed E-state index contributed by atoms with van der Waals surface area (Å²) in [6.07, 6.45) is 1.57. The van der Waals surface area contributed by atoms with Crippen molar-refractivity contribution in [2.24, 2.45) is 0 Å². The lowest BCUT2D eigenvalue weighted by Gasteiger charge is -2.20. The van der Waals surface area contributed by atoms with Gasteiger partial charge in [0.05, 0.1) is 11.1 Å². The number of aromatic nitrogens is 2. The standard InChI is InChI=1S/C19H21N3OS2/c1-12-5-7-13(8-6-12)14-9-24-17-16(14)18(21-11-20-17)25-10-15(23)22-19(2,3)4/h5-9,11H,10H2,1-4H3,(H,22,23). The molecule has 1 N–H and O–H groups in total. The topological polar surface area (TPSA) is 54.9 Å². The zero-order chi connectivity index (χ0) is 18.0. The van der Waals surface area contributed by atoms with Crippen LogP contribution in [0.3, 0.4) is 0 Å². The van der Waals surface area contributed by atoms with Crippen LogP contribution in [0, 0.1) is 6.92 Å². The Morgan fingerprint density at radius 3 is 2.60 bits per heavy atom. The van der Waals surface area contributed by atoms with Gasteiger partial charge >= 0.3 is 0 Å². The summed E-state index contributed by atoms with van der Waals surface area (Å²) in [6.45, 7) is 8.01. The SMILES string of the molecule is Cc1ccc(-c2csc3ncnc(SCC(=O)NC(C)(C)C)c23)cc1. The van der Waals surface area contributed by atoms with Crippen LogP contribution < -0.4 is 5.32 Å². The molecular weight excluding hydrogens is 350 g/mol. The van der Waals surface area contributed by atoms with E-state index in [1.165, 1.54) is 17.3 Å². The molecule has 1 amide bonds. The van der Waals surface area contributed by atoms with Crippen molar-refractivity contribution in [1.29, 1.82) is 0 Å². The first-order valence-corrected chi connectivity index (χ1v) is 9.93. The van der Waals surface area contributed by atoms with E-state index in [2.05, 4.69) is 51.9 Å². The third-order valence-electron chi connectivity index (χ3n) is 3.55. The first kappa shape index (κ1) is 17.9. The van der Waals surface area contributed by atoms with Crippen molar-refractivity contribution in [3.8, 4) is 11.1 Å². The van der Waals surface area contributed by atoms with Gasteiger partial charge in [-0.05, 0) is 33.3 Å². The molecule has 0 atom stereocenters. The molecule has 0 unspecified atom stereocenters. The molecule has 0 saturated heterocycles. The van der Waals surface area contributed by atoms with Crippen LogP contribution in [0.25, 0.3) is 21.3 Å². The number of hydrogen-bond donors (Lipinski definition) is 1. The van der Waals surface area contributed by atoms with Crippen molar-refractivity contribution in [2.45, 2.75) is 38.3 Å². The third-order valence-corrected chi connectivity index (χ3v) is 5.43. The van der Waals surface area contributed by atoms with Crippen LogP contribution >= 0.6 is 23.1 Å². The molecule has 0 aliphatic heterocycles. The second-order valence-electron chi connectivity index (χ2n) is 6.96. The van der Waals surface area contributed by atoms with Crippen LogP contribution in [0.5, 0.6) is 0 Å². The van der Waals surface area contributed by atoms with E-state index in [4.69, 9.17) is 0 Å². The average molecular weight is 372 g/mol. The van der Waals surface area contributed by atoms with Crippen LogP contribution in [0.15, 0.2) is 41.0 Å². The van der Waals surface area contributed by atoms with E-state index in [0.717, 1.165) is 26.4 Å². The number of nitrogens with one attached hydrogen (secondary N) is 1. The molecule has 2 heterocycles. The van der Waals surface area contributed by atoms with Crippen molar-refractivity contribution in [1.82, 2.24) is 15.3 Å². The molecule has 0 radical (unpaired) electrons. The Morgan fingerprint density at radius 1 is 1.20 bits per heavy atom. The van der Waals surface area contributed by atoms with E-state index in [1.54, 1.807) is 17.7 Å². The number of thioether (sulfide) groups is 1. The Hall–Kier alpha value is -1.92. The fourth-order valence-electron chi connectivity index (χ4n) is 2.49. The van der Waals surface area contributed by atoms with Crippen LogP contribution in [0.1, 0.15) is 26.3 Å². The number of nitrogens with zero attached hydrogens (tertiary/aromatic N) is 2. The van der Waals surface area contributed by atoms with Crippen molar-refractivity contribution >= 4 is 39.2 Å². The Bertz CT molecular complexity index is 895. The molecule has 25 heavy (non-hydrogen) atoms. The average Bonchev–Trinajstić information content (AvgIpc) is 2.97. The van der Waals surface area contributed by atoms with Crippen LogP contribution in [0.2, 0.25) is 0 Å². The van der Waals surface area contributed by atoms with E-state index in [0.29, 0.717) is 5.75 Å². The van der Waals surface area contributed by atoms with Gasteiger partial charge in [-0.25, -0.2) is 9.97 Å². The summed E-state index contributed by atoms with van der Waals surface area (Å²) in [5.74, 6) is 0.350. The maximum Gasteiger partial charge on any atom is 0.230 e. The molecule has 0 aliphatic rings. The predicted molar refractivity (Wildman–Crippen MR) is 106 cm³/mol. The third kappa shape index (κ3) is 4.38. The van der Waals surface area contributed by atoms with Crippen LogP contribution in [-0.4, -0.2) is 27.2 Å². The minimum absolute atomic E-state index is 0.0105. The lowest BCUT2D eigenvalue weighted by molar-refractivity contribution is -0.119. The van der Waals surface area contributed by atoms with E-state index >= 15 is 0 Å². The summed E-state index contributed by atoms with van der Waals surface area (Å²) in [7, 11) is 0. The normalized spacial score (nSPS) is 11.7. The molecule has 2 aromatic heterocycles. The van der Waals surface area contributed by atoms with Gasteiger partial charge in [-0.1, -0.05) is 41.6 Å². The number of fused-ring (bicyclic) bond motifs is 1. The fourth-order valence-corrected chi connectivity index (χ4v) is 4.28. The summed E-state index contributed by atoms with van der Waals surface area (Å²) < 4.78 is 0. The van der Waals surface area contributed by atoms with Gasteiger partial charge < -0.3 is 5.32 Å². The molecule has 0 fully saturated rings. The number of aryl methyl sites for hydroxylation is 1. The Kier molecular flexibility index (Phi) is 5.11. The highest BCUT2D eigenvalue weighted by Crippen LogP contribution is 2.37. The van der Waals surface area contributed by atoms with Gasteiger partial charge in [0.15, 0.2) is 0 Å². The molecule has 3 rings (SSSR count). The number of carbonyl (C=O) groups is 1. The Labute approximate surface area is 156 Å². The quantitative estimate of drug-likeness (QED) is 0.535. The van der Waals surface area contributed by atoms with Gasteiger partial charge in [-0.15, -0.1) is 11.3 Å². The number of thiophene rings is 1. The van der Waals surface area contributed by atoms with Gasteiger partial charge in [0, 0.05) is 16.5 Å². The highest BCUT2D eigenvalue weighted by Gasteiger charge is 2.17. The number of rotatable bonds is 4. The lowest BCUT2D eigenvalue weighted by Crippen LogP contribution is -2.41. The first-order chi connectivity index (χ1) is 11.8. The maximum atomic E-state index is 12.1. The maximum absolute atomic E-state index is 12.1. The summed E-state index contributed by atoms with van der Waals surface area (Å²) in [5, 5.41) is 6.98. The molecule has 0 spiro atoms. The monoisotopic (exact) mass is 371 g/mol. The van der Waals surface area contributed by atoms with Crippen molar-refractivity contribution < 1.29 is 4.79 Å². The number of hydrogen-bond acceptors (Lipinski definition) is 5. The van der Waals surface area contributed by atoms with Crippen LogP contribution in [0.4, 0.5) is 0 Å². The molecule has 0 saturated carbocycles. The molecule has 0 bridgehead atoms. The van der Waals surface area contributed by atoms with E-state index in [1.807, 2.05) is 20.8 Å². The second-order valence-corrected chi connectivity index (χ2v) is 8.78. The largest absolute Gasteiger partial charge is 0.351 e. The molecule has 0 aliphatic carbocycles. The second kappa shape index (κ2) is 7.14. The highest BCUT2D eigenvalue weighted by atomic mass is 32.2. The van der Waals surface area contributed by atoms with Crippen LogP contribution in [-0.2, 0) is 4.79 Å². The minimum atomic E-state index is -0.228. The molecule has 6 heteroatoms. The van der Waals surface area contributed by atoms with Gasteiger partial charge in [0.25, 0.3) is 0 Å². The summed E-state index contributed by atoms with van der Waals surface area (Å²) in [6, 6.07) is 8.44. The van der Waals surface area contributed by atoms with Gasteiger partial charge in [0.2, 0.25) is 5.91 Å². The van der Waals surface area contributed by atoms with Gasteiger partial charge in [-0.3, -0.25) is 4.79 Å². The predicted octanol–water partition coefficient (Wildman–Crippen LogP) is 4.67. The van der Waals surface area contributed by atoms with Gasteiger partial charge in [0.1, 0.15) is 16.2 Å². The summed E-state index contributed by atoms with van der Waals surface area (Å²) in [4.78, 5) is 21.9. The lowest BCUT2D eigenvalue weighted by atomic mass is 10.1. The number of amides is 1. The van der Waals surface area contributed by atoms with Crippen molar-refractivity contribution in [3.63, 3.8) is 0 Å². The molecule has 1 aromatic carbocycles.